The van der Waals surface area contributed by atoms with Crippen molar-refractivity contribution in [1.82, 2.24) is 9.62 Å². The Morgan fingerprint density at radius 1 is 1.16 bits per heavy atom. The maximum absolute atomic E-state index is 14.2. The molecule has 0 radical (unpaired) electrons. The van der Waals surface area contributed by atoms with Crippen molar-refractivity contribution in [2.24, 2.45) is 17.1 Å². The van der Waals surface area contributed by atoms with E-state index in [1.807, 2.05) is 44.2 Å². The number of hydrogen-bond acceptors (Lipinski definition) is 10. The molecule has 4 N–H and O–H groups in total. The monoisotopic (exact) mass is 633 g/mol. The predicted molar refractivity (Wildman–Crippen MR) is 161 cm³/mol. The van der Waals surface area contributed by atoms with Crippen LogP contribution in [0.5, 0.6) is 11.5 Å². The third-order valence-corrected chi connectivity index (χ3v) is 10.2. The predicted octanol–water partition coefficient (Wildman–Crippen LogP) is 2.63. The zero-order valence-corrected chi connectivity index (χ0v) is 26.0. The van der Waals surface area contributed by atoms with Gasteiger partial charge in [-0.2, -0.15) is 4.31 Å². The molecular weight excluding hydrogens is 590 g/mol. The smallest absolute Gasteiger partial charge is 0.407 e. The number of nitrogens with one attached hydrogen (secondary N) is 1. The van der Waals surface area contributed by atoms with Gasteiger partial charge in [0.2, 0.25) is 16.8 Å². The van der Waals surface area contributed by atoms with Crippen LogP contribution in [0.1, 0.15) is 38.7 Å². The number of sulfonamides is 1. The molecule has 2 fully saturated rings. The molecule has 242 valence electrons. The second-order valence-corrected chi connectivity index (χ2v) is 14.2. The number of para-hydroxylation sites is 1. The number of aliphatic hydroxyl groups is 1. The summed E-state index contributed by atoms with van der Waals surface area (Å²) in [5.41, 5.74) is 6.15. The van der Waals surface area contributed by atoms with E-state index in [1.54, 1.807) is 12.1 Å². The molecule has 3 aliphatic rings. The number of benzene rings is 2. The summed E-state index contributed by atoms with van der Waals surface area (Å²) in [6.45, 7) is 4.90. The molecule has 5 atom stereocenters. The molecule has 0 spiro atoms. The van der Waals surface area contributed by atoms with Crippen molar-refractivity contribution in [3.63, 3.8) is 0 Å². The van der Waals surface area contributed by atoms with E-state index in [4.69, 9.17) is 29.4 Å². The average Bonchev–Trinajstić information content (AvgIpc) is 3.74. The lowest BCUT2D eigenvalue weighted by Crippen LogP contribution is -2.52. The topological polar surface area (TPSA) is 159 Å². The maximum Gasteiger partial charge on any atom is 0.407 e. The number of ether oxygens (including phenoxy) is 5. The number of alkyl carbamates (subject to hydrolysis) is 1. The second-order valence-electron chi connectivity index (χ2n) is 12.3. The molecule has 3 heterocycles. The van der Waals surface area contributed by atoms with Crippen LogP contribution in [-0.4, -0.2) is 88.1 Å². The van der Waals surface area contributed by atoms with Crippen molar-refractivity contribution < 1.29 is 42.0 Å². The Morgan fingerprint density at radius 3 is 2.73 bits per heavy atom. The van der Waals surface area contributed by atoms with Crippen molar-refractivity contribution in [2.75, 3.05) is 39.6 Å². The molecule has 2 aromatic rings. The molecule has 1 amide bonds. The summed E-state index contributed by atoms with van der Waals surface area (Å²) in [5.74, 6) is 0.432. The number of nitrogens with zero attached hydrogens (tertiary/aromatic N) is 1. The minimum absolute atomic E-state index is 0.0455. The summed E-state index contributed by atoms with van der Waals surface area (Å²) >= 11 is 0. The van der Waals surface area contributed by atoms with E-state index >= 15 is 0 Å². The van der Waals surface area contributed by atoms with Crippen LogP contribution in [0.3, 0.4) is 0 Å². The van der Waals surface area contributed by atoms with Crippen molar-refractivity contribution >= 4 is 16.1 Å². The molecule has 0 unspecified atom stereocenters. The van der Waals surface area contributed by atoms with Gasteiger partial charge >= 0.3 is 6.09 Å². The Morgan fingerprint density at radius 2 is 1.95 bits per heavy atom. The summed E-state index contributed by atoms with van der Waals surface area (Å²) < 4.78 is 57.6. The zero-order chi connectivity index (χ0) is 31.3. The van der Waals surface area contributed by atoms with Gasteiger partial charge in [-0.25, -0.2) is 13.2 Å². The quantitative estimate of drug-likeness (QED) is 0.282. The normalized spacial score (nSPS) is 22.5. The van der Waals surface area contributed by atoms with Crippen LogP contribution in [0.4, 0.5) is 4.79 Å². The summed E-state index contributed by atoms with van der Waals surface area (Å²) in [5, 5.41) is 14.5. The van der Waals surface area contributed by atoms with E-state index < -0.39 is 39.8 Å². The third-order valence-electron chi connectivity index (χ3n) is 8.34. The van der Waals surface area contributed by atoms with Gasteiger partial charge in [0.05, 0.1) is 31.3 Å². The number of fused-ring (bicyclic) bond motifs is 2. The molecule has 0 aromatic heterocycles. The highest BCUT2D eigenvalue weighted by molar-refractivity contribution is 7.89. The highest BCUT2D eigenvalue weighted by atomic mass is 32.2. The fourth-order valence-electron chi connectivity index (χ4n) is 5.99. The van der Waals surface area contributed by atoms with Crippen LogP contribution in [0.15, 0.2) is 53.4 Å². The fourth-order valence-corrected chi connectivity index (χ4v) is 7.78. The van der Waals surface area contributed by atoms with Crippen LogP contribution >= 0.6 is 0 Å². The van der Waals surface area contributed by atoms with Crippen LogP contribution in [0, 0.1) is 11.3 Å². The van der Waals surface area contributed by atoms with Gasteiger partial charge in [0.25, 0.3) is 0 Å². The van der Waals surface area contributed by atoms with E-state index in [0.29, 0.717) is 31.7 Å². The molecule has 0 saturated carbocycles. The van der Waals surface area contributed by atoms with Crippen molar-refractivity contribution in [1.29, 1.82) is 0 Å². The molecular formula is C31H43N3O9S. The first-order chi connectivity index (χ1) is 21.1. The van der Waals surface area contributed by atoms with Crippen LogP contribution < -0.4 is 20.5 Å². The Bertz CT molecular complexity index is 1370. The molecule has 0 aliphatic carbocycles. The molecule has 0 bridgehead atoms. The molecule has 3 aliphatic heterocycles. The van der Waals surface area contributed by atoms with Gasteiger partial charge in [-0.05, 0) is 55.3 Å². The number of rotatable bonds is 14. The van der Waals surface area contributed by atoms with E-state index in [0.717, 1.165) is 12.0 Å². The first-order valence-electron chi connectivity index (χ1n) is 15.1. The minimum Gasteiger partial charge on any atom is -0.454 e. The fraction of sp³-hybridized carbons (Fsp3) is 0.581. The Labute approximate surface area is 258 Å². The summed E-state index contributed by atoms with van der Waals surface area (Å²) in [6.07, 6.45) is -0.504. The number of amides is 1. The van der Waals surface area contributed by atoms with Crippen molar-refractivity contribution in [3.05, 3.63) is 54.1 Å². The van der Waals surface area contributed by atoms with Gasteiger partial charge in [0, 0.05) is 13.1 Å². The number of aliphatic hydroxyl groups excluding tert-OH is 1. The highest BCUT2D eigenvalue weighted by Gasteiger charge is 2.44. The lowest BCUT2D eigenvalue weighted by Gasteiger charge is -2.35. The van der Waals surface area contributed by atoms with Gasteiger partial charge in [-0.3, -0.25) is 0 Å². The molecule has 5 rings (SSSR count). The molecule has 13 heteroatoms. The number of carbonyl (C=O) groups is 1. The summed E-state index contributed by atoms with van der Waals surface area (Å²) in [7, 11) is -4.18. The van der Waals surface area contributed by atoms with Gasteiger partial charge in [-0.15, -0.1) is 0 Å². The average molecular weight is 634 g/mol. The summed E-state index contributed by atoms with van der Waals surface area (Å²) in [4.78, 5) is 13.1. The minimum atomic E-state index is -4.18. The maximum atomic E-state index is 14.2. The molecule has 12 nitrogen and oxygen atoms in total. The molecule has 2 aromatic carbocycles. The standard InChI is InChI=1S/C31H43N3O9S/c1-31(2,13-7-14-32)19-34(44(37,38)27-11-6-10-25-28(27)42-20-41-25)17-24(35)23(16-21-8-4-3-5-9-21)33-30(36)43-26-18-40-29-22(26)12-15-39-29/h3-6,8-11,22-24,26,29,35H,7,12-20,32H2,1-2H3,(H,33,36)/t22-,23-,24+,26-,29+/m0/s1. The van der Waals surface area contributed by atoms with Crippen molar-refractivity contribution in [2.45, 2.75) is 69.0 Å². The number of hydrogen-bond donors (Lipinski definition) is 3. The van der Waals surface area contributed by atoms with Crippen LogP contribution in [0.25, 0.3) is 0 Å². The second kappa shape index (κ2) is 14.0. The summed E-state index contributed by atoms with van der Waals surface area (Å²) in [6, 6.07) is 13.2. The number of nitrogens with two attached hydrogens (primary N) is 1. The largest absolute Gasteiger partial charge is 0.454 e. The first-order valence-corrected chi connectivity index (χ1v) is 16.5. The van der Waals surface area contributed by atoms with Gasteiger partial charge < -0.3 is 39.8 Å². The van der Waals surface area contributed by atoms with E-state index in [1.165, 1.54) is 10.4 Å². The van der Waals surface area contributed by atoms with E-state index in [9.17, 15) is 18.3 Å². The van der Waals surface area contributed by atoms with Crippen molar-refractivity contribution in [3.8, 4) is 11.5 Å². The SMILES string of the molecule is CC(C)(CCCN)CN(C[C@@H](O)[C@H](Cc1ccccc1)NC(=O)O[C@H]1CO[C@H]2OCC[C@H]21)S(=O)(=O)c1cccc2c1OCO2. The number of carbonyl (C=O) groups excluding carboxylic acids is 1. The van der Waals surface area contributed by atoms with E-state index in [2.05, 4.69) is 5.32 Å². The highest BCUT2D eigenvalue weighted by Crippen LogP contribution is 2.40. The molecule has 44 heavy (non-hydrogen) atoms. The Hall–Kier alpha value is -2.94. The first kappa shape index (κ1) is 32.5. The zero-order valence-electron chi connectivity index (χ0n) is 25.2. The van der Waals surface area contributed by atoms with Gasteiger partial charge in [0.15, 0.2) is 17.8 Å². The lowest BCUT2D eigenvalue weighted by molar-refractivity contribution is -0.0907. The van der Waals surface area contributed by atoms with Gasteiger partial charge in [0.1, 0.15) is 11.0 Å². The molecule has 2 saturated heterocycles. The Kier molecular flexibility index (Phi) is 10.3. The third kappa shape index (κ3) is 7.64. The Balaban J connectivity index is 1.39. The van der Waals surface area contributed by atoms with Crippen LogP contribution in [-0.2, 0) is 30.7 Å². The van der Waals surface area contributed by atoms with E-state index in [-0.39, 0.29) is 55.8 Å². The van der Waals surface area contributed by atoms with Gasteiger partial charge in [-0.1, -0.05) is 50.2 Å². The lowest BCUT2D eigenvalue weighted by atomic mass is 9.87. The van der Waals surface area contributed by atoms with Crippen LogP contribution in [0.2, 0.25) is 0 Å².